The zero-order valence-corrected chi connectivity index (χ0v) is 13.1. The Morgan fingerprint density at radius 1 is 1.23 bits per heavy atom. The van der Waals surface area contributed by atoms with Gasteiger partial charge in [0.15, 0.2) is 4.96 Å². The second-order valence-electron chi connectivity index (χ2n) is 5.72. The molecule has 1 aromatic carbocycles. The van der Waals surface area contributed by atoms with Crippen LogP contribution >= 0.6 is 11.3 Å². The van der Waals surface area contributed by atoms with Gasteiger partial charge >= 0.3 is 0 Å². The van der Waals surface area contributed by atoms with Crippen LogP contribution < -0.4 is 5.56 Å². The lowest BCUT2D eigenvalue weighted by Gasteiger charge is -2.19. The third-order valence-electron chi connectivity index (χ3n) is 4.17. The molecular weight excluding hydrogens is 294 g/mol. The topological polar surface area (TPSA) is 37.6 Å². The quantitative estimate of drug-likeness (QED) is 0.730. The third-order valence-corrected chi connectivity index (χ3v) is 4.93. The summed E-state index contributed by atoms with van der Waals surface area (Å²) in [7, 11) is 0. The van der Waals surface area contributed by atoms with Crippen LogP contribution in [0, 0.1) is 0 Å². The zero-order valence-electron chi connectivity index (χ0n) is 12.2. The minimum absolute atomic E-state index is 0.0106. The van der Waals surface area contributed by atoms with E-state index in [9.17, 15) is 4.79 Å². The molecule has 0 fully saturated rings. The van der Waals surface area contributed by atoms with Crippen LogP contribution in [0.3, 0.4) is 0 Å². The minimum Gasteiger partial charge on any atom is -0.293 e. The van der Waals surface area contributed by atoms with Gasteiger partial charge in [0.25, 0.3) is 5.56 Å². The van der Waals surface area contributed by atoms with Gasteiger partial charge in [0.2, 0.25) is 0 Å². The number of thiazole rings is 1. The van der Waals surface area contributed by atoms with Gasteiger partial charge in [-0.3, -0.25) is 14.1 Å². The molecule has 0 amide bonds. The molecule has 2 aromatic heterocycles. The molecule has 0 radical (unpaired) electrons. The zero-order chi connectivity index (χ0) is 14.9. The normalized spacial score (nSPS) is 15.6. The second-order valence-corrected chi connectivity index (χ2v) is 6.60. The second kappa shape index (κ2) is 5.66. The van der Waals surface area contributed by atoms with Crippen LogP contribution in [0.25, 0.3) is 4.96 Å². The molecule has 0 saturated carbocycles. The SMILES string of the molecule is O=c1cc(CN2CCCc3ccccc3C2)nc2sccn12. The van der Waals surface area contributed by atoms with E-state index >= 15 is 0 Å². The highest BCUT2D eigenvalue weighted by atomic mass is 32.1. The first-order valence-corrected chi connectivity index (χ1v) is 8.42. The Hall–Kier alpha value is -1.98. The van der Waals surface area contributed by atoms with Gasteiger partial charge in [0, 0.05) is 30.7 Å². The molecule has 0 N–H and O–H groups in total. The van der Waals surface area contributed by atoms with E-state index in [1.807, 2.05) is 5.38 Å². The van der Waals surface area contributed by atoms with Crippen LogP contribution in [-0.4, -0.2) is 20.8 Å². The van der Waals surface area contributed by atoms with Gasteiger partial charge in [0.1, 0.15) is 0 Å². The number of aromatic nitrogens is 2. The maximum atomic E-state index is 12.1. The number of benzene rings is 1. The standard InChI is InChI=1S/C17H17N3OS/c21-16-10-15(18-17-20(16)8-9-22-17)12-19-7-3-6-13-4-1-2-5-14(13)11-19/h1-2,4-5,8-10H,3,6-7,11-12H2. The van der Waals surface area contributed by atoms with Crippen molar-refractivity contribution in [3.05, 3.63) is 69.1 Å². The van der Waals surface area contributed by atoms with E-state index in [1.54, 1.807) is 16.7 Å². The van der Waals surface area contributed by atoms with E-state index in [0.29, 0.717) is 0 Å². The summed E-state index contributed by atoms with van der Waals surface area (Å²) < 4.78 is 1.60. The van der Waals surface area contributed by atoms with E-state index in [2.05, 4.69) is 34.1 Å². The largest absolute Gasteiger partial charge is 0.293 e. The third kappa shape index (κ3) is 2.58. The lowest BCUT2D eigenvalue weighted by Crippen LogP contribution is -2.25. The lowest BCUT2D eigenvalue weighted by atomic mass is 10.0. The molecule has 4 rings (SSSR count). The van der Waals surface area contributed by atoms with Gasteiger partial charge < -0.3 is 0 Å². The highest BCUT2D eigenvalue weighted by molar-refractivity contribution is 7.15. The van der Waals surface area contributed by atoms with E-state index in [4.69, 9.17) is 0 Å². The van der Waals surface area contributed by atoms with Crippen molar-refractivity contribution in [3.8, 4) is 0 Å². The van der Waals surface area contributed by atoms with Gasteiger partial charge in [-0.15, -0.1) is 11.3 Å². The van der Waals surface area contributed by atoms with E-state index in [0.717, 1.165) is 43.1 Å². The summed E-state index contributed by atoms with van der Waals surface area (Å²) in [5, 5.41) is 1.90. The molecule has 0 spiro atoms. The summed E-state index contributed by atoms with van der Waals surface area (Å²) >= 11 is 1.50. The molecule has 112 valence electrons. The molecule has 1 aliphatic rings. The number of nitrogens with zero attached hydrogens (tertiary/aromatic N) is 3. The fraction of sp³-hybridized carbons (Fsp3) is 0.294. The van der Waals surface area contributed by atoms with Gasteiger partial charge in [-0.05, 0) is 30.5 Å². The summed E-state index contributed by atoms with van der Waals surface area (Å²) in [6.45, 7) is 2.71. The van der Waals surface area contributed by atoms with Crippen LogP contribution in [-0.2, 0) is 19.5 Å². The maximum Gasteiger partial charge on any atom is 0.258 e. The molecule has 0 unspecified atom stereocenters. The molecule has 0 bridgehead atoms. The predicted molar refractivity (Wildman–Crippen MR) is 88.2 cm³/mol. The van der Waals surface area contributed by atoms with Crippen molar-refractivity contribution in [3.63, 3.8) is 0 Å². The average Bonchev–Trinajstić information content (AvgIpc) is 2.88. The van der Waals surface area contributed by atoms with Crippen molar-refractivity contribution >= 4 is 16.3 Å². The Labute approximate surface area is 132 Å². The lowest BCUT2D eigenvalue weighted by molar-refractivity contribution is 0.258. The molecule has 1 aliphatic heterocycles. The smallest absolute Gasteiger partial charge is 0.258 e. The molecule has 0 saturated heterocycles. The van der Waals surface area contributed by atoms with Crippen LogP contribution in [0.15, 0.2) is 46.7 Å². The van der Waals surface area contributed by atoms with Crippen molar-refractivity contribution in [1.82, 2.24) is 14.3 Å². The van der Waals surface area contributed by atoms with Crippen LogP contribution in [0.4, 0.5) is 0 Å². The Kier molecular flexibility index (Phi) is 3.52. The number of hydrogen-bond acceptors (Lipinski definition) is 4. The van der Waals surface area contributed by atoms with Gasteiger partial charge in [-0.1, -0.05) is 24.3 Å². The van der Waals surface area contributed by atoms with Gasteiger partial charge in [-0.2, -0.15) is 0 Å². The summed E-state index contributed by atoms with van der Waals surface area (Å²) in [6, 6.07) is 10.3. The minimum atomic E-state index is 0.0106. The summed E-state index contributed by atoms with van der Waals surface area (Å²) in [4.78, 5) is 19.9. The molecule has 0 atom stereocenters. The predicted octanol–water partition coefficient (Wildman–Crippen LogP) is 2.70. The Morgan fingerprint density at radius 3 is 3.00 bits per heavy atom. The van der Waals surface area contributed by atoms with Gasteiger partial charge in [0.05, 0.1) is 5.69 Å². The molecule has 4 nitrogen and oxygen atoms in total. The Morgan fingerprint density at radius 2 is 2.09 bits per heavy atom. The van der Waals surface area contributed by atoms with E-state index < -0.39 is 0 Å². The Bertz CT molecular complexity index is 867. The number of fused-ring (bicyclic) bond motifs is 2. The van der Waals surface area contributed by atoms with Crippen molar-refractivity contribution < 1.29 is 0 Å². The molecule has 0 aliphatic carbocycles. The van der Waals surface area contributed by atoms with Gasteiger partial charge in [-0.25, -0.2) is 4.98 Å². The number of rotatable bonds is 2. The summed E-state index contributed by atoms with van der Waals surface area (Å²) in [6.07, 6.45) is 4.06. The van der Waals surface area contributed by atoms with E-state index in [-0.39, 0.29) is 5.56 Å². The molecule has 3 heterocycles. The van der Waals surface area contributed by atoms with Crippen molar-refractivity contribution in [1.29, 1.82) is 0 Å². The Balaban J connectivity index is 1.61. The summed E-state index contributed by atoms with van der Waals surface area (Å²) in [5.74, 6) is 0. The van der Waals surface area contributed by atoms with Crippen LogP contribution in [0.2, 0.25) is 0 Å². The van der Waals surface area contributed by atoms with Crippen LogP contribution in [0.5, 0.6) is 0 Å². The first-order chi connectivity index (χ1) is 10.8. The first kappa shape index (κ1) is 13.7. The fourth-order valence-electron chi connectivity index (χ4n) is 3.10. The first-order valence-electron chi connectivity index (χ1n) is 7.54. The highest BCUT2D eigenvalue weighted by Gasteiger charge is 2.15. The van der Waals surface area contributed by atoms with Crippen molar-refractivity contribution in [2.24, 2.45) is 0 Å². The molecule has 22 heavy (non-hydrogen) atoms. The van der Waals surface area contributed by atoms with Crippen molar-refractivity contribution in [2.45, 2.75) is 25.9 Å². The molecular formula is C17H17N3OS. The van der Waals surface area contributed by atoms with Crippen LogP contribution in [0.1, 0.15) is 23.2 Å². The monoisotopic (exact) mass is 311 g/mol. The van der Waals surface area contributed by atoms with Crippen molar-refractivity contribution in [2.75, 3.05) is 6.54 Å². The number of hydrogen-bond donors (Lipinski definition) is 0. The fourth-order valence-corrected chi connectivity index (χ4v) is 3.84. The maximum absolute atomic E-state index is 12.1. The average molecular weight is 311 g/mol. The molecule has 3 aromatic rings. The highest BCUT2D eigenvalue weighted by Crippen LogP contribution is 2.19. The number of aryl methyl sites for hydroxylation is 1. The van der Waals surface area contributed by atoms with E-state index in [1.165, 1.54) is 22.5 Å². The summed E-state index contributed by atoms with van der Waals surface area (Å²) in [5.41, 5.74) is 3.73. The molecule has 5 heteroatoms.